The van der Waals surface area contributed by atoms with Crippen molar-refractivity contribution >= 4 is 61.7 Å². The highest BCUT2D eigenvalue weighted by Crippen LogP contribution is 2.24. The Morgan fingerprint density at radius 3 is 2.75 bits per heavy atom. The highest BCUT2D eigenvalue weighted by molar-refractivity contribution is 7.99. The normalized spacial score (nSPS) is 10.9. The average molecular weight is 487 g/mol. The zero-order chi connectivity index (χ0) is 22.5. The number of para-hydroxylation sites is 1. The molecule has 0 aliphatic carbocycles. The van der Waals surface area contributed by atoms with Gasteiger partial charge in [0.2, 0.25) is 5.91 Å². The number of ether oxygens (including phenoxy) is 1. The zero-order valence-corrected chi connectivity index (χ0v) is 19.4. The SMILES string of the molecule is CCOC(=O)Cc1csc(NC(=O)CSc2nc3sccc3c(=O)n2-c2ccccc2)n1. The minimum Gasteiger partial charge on any atom is -0.466 e. The summed E-state index contributed by atoms with van der Waals surface area (Å²) in [4.78, 5) is 46.6. The molecule has 0 spiro atoms. The number of thiazole rings is 1. The summed E-state index contributed by atoms with van der Waals surface area (Å²) in [5.41, 5.74) is 1.05. The van der Waals surface area contributed by atoms with Crippen LogP contribution in [-0.2, 0) is 20.7 Å². The molecule has 164 valence electrons. The number of nitrogens with one attached hydrogen (secondary N) is 1. The molecule has 1 aromatic carbocycles. The summed E-state index contributed by atoms with van der Waals surface area (Å²) in [6, 6.07) is 11.0. The molecule has 8 nitrogen and oxygen atoms in total. The number of thiophene rings is 1. The third kappa shape index (κ3) is 5.06. The van der Waals surface area contributed by atoms with Gasteiger partial charge in [-0.2, -0.15) is 0 Å². The summed E-state index contributed by atoms with van der Waals surface area (Å²) in [5.74, 6) is -0.601. The van der Waals surface area contributed by atoms with Crippen LogP contribution in [0.25, 0.3) is 15.9 Å². The molecule has 3 heterocycles. The van der Waals surface area contributed by atoms with Gasteiger partial charge in [-0.05, 0) is 30.5 Å². The van der Waals surface area contributed by atoms with Gasteiger partial charge in [-0.3, -0.25) is 19.0 Å². The van der Waals surface area contributed by atoms with Gasteiger partial charge in [0, 0.05) is 5.38 Å². The third-order valence-corrected chi connectivity index (χ3v) is 6.79. The molecular weight excluding hydrogens is 468 g/mol. The molecule has 0 atom stereocenters. The Labute approximate surface area is 195 Å². The van der Waals surface area contributed by atoms with Crippen LogP contribution in [0.4, 0.5) is 5.13 Å². The number of carbonyl (C=O) groups excluding carboxylic acids is 2. The van der Waals surface area contributed by atoms with Crippen LogP contribution in [0.3, 0.4) is 0 Å². The van der Waals surface area contributed by atoms with E-state index in [9.17, 15) is 14.4 Å². The number of carbonyl (C=O) groups is 2. The van der Waals surface area contributed by atoms with E-state index in [0.29, 0.717) is 38.5 Å². The van der Waals surface area contributed by atoms with Crippen molar-refractivity contribution in [2.75, 3.05) is 17.7 Å². The van der Waals surface area contributed by atoms with E-state index in [4.69, 9.17) is 4.74 Å². The van der Waals surface area contributed by atoms with Crippen molar-refractivity contribution in [3.8, 4) is 5.69 Å². The maximum atomic E-state index is 13.1. The van der Waals surface area contributed by atoms with Crippen molar-refractivity contribution in [3.63, 3.8) is 0 Å². The van der Waals surface area contributed by atoms with Crippen LogP contribution >= 0.6 is 34.4 Å². The lowest BCUT2D eigenvalue weighted by molar-refractivity contribution is -0.142. The largest absolute Gasteiger partial charge is 0.466 e. The monoisotopic (exact) mass is 486 g/mol. The van der Waals surface area contributed by atoms with E-state index < -0.39 is 0 Å². The molecule has 0 radical (unpaired) electrons. The van der Waals surface area contributed by atoms with Crippen LogP contribution in [0.2, 0.25) is 0 Å². The Balaban J connectivity index is 1.49. The molecule has 3 aromatic heterocycles. The minimum absolute atomic E-state index is 0.0446. The molecule has 1 N–H and O–H groups in total. The van der Waals surface area contributed by atoms with E-state index in [-0.39, 0.29) is 29.6 Å². The second-order valence-corrected chi connectivity index (χ2v) is 9.17. The fraction of sp³-hybridized carbons (Fsp3) is 0.190. The first kappa shape index (κ1) is 22.2. The first-order valence-corrected chi connectivity index (χ1v) is 12.4. The van der Waals surface area contributed by atoms with E-state index in [0.717, 1.165) is 0 Å². The third-order valence-electron chi connectivity index (χ3n) is 4.24. The summed E-state index contributed by atoms with van der Waals surface area (Å²) in [6.45, 7) is 2.05. The lowest BCUT2D eigenvalue weighted by atomic mass is 10.3. The number of fused-ring (bicyclic) bond motifs is 1. The molecular formula is C21H18N4O4S3. The van der Waals surface area contributed by atoms with Crippen molar-refractivity contribution in [1.29, 1.82) is 0 Å². The second-order valence-electron chi connectivity index (χ2n) is 6.47. The number of esters is 1. The number of aromatic nitrogens is 3. The van der Waals surface area contributed by atoms with Crippen LogP contribution in [-0.4, -0.2) is 38.8 Å². The molecule has 0 unspecified atom stereocenters. The standard InChI is InChI=1S/C21H18N4O4S3/c1-2-29-17(27)10-13-11-31-20(22-13)23-16(26)12-32-21-24-18-15(8-9-30-18)19(28)25(21)14-6-4-3-5-7-14/h3-9,11H,2,10,12H2,1H3,(H,22,23,26). The lowest BCUT2D eigenvalue weighted by Gasteiger charge is -2.11. The van der Waals surface area contributed by atoms with Crippen molar-refractivity contribution in [2.24, 2.45) is 0 Å². The van der Waals surface area contributed by atoms with Gasteiger partial charge in [-0.1, -0.05) is 30.0 Å². The van der Waals surface area contributed by atoms with Gasteiger partial charge in [0.05, 0.1) is 35.5 Å². The van der Waals surface area contributed by atoms with Crippen molar-refractivity contribution < 1.29 is 14.3 Å². The van der Waals surface area contributed by atoms with Gasteiger partial charge in [-0.15, -0.1) is 22.7 Å². The fourth-order valence-corrected chi connectivity index (χ4v) is 5.23. The van der Waals surface area contributed by atoms with Crippen LogP contribution in [0.5, 0.6) is 0 Å². The molecule has 0 aliphatic heterocycles. The highest BCUT2D eigenvalue weighted by atomic mass is 32.2. The van der Waals surface area contributed by atoms with Gasteiger partial charge in [0.15, 0.2) is 10.3 Å². The van der Waals surface area contributed by atoms with Crippen LogP contribution < -0.4 is 10.9 Å². The van der Waals surface area contributed by atoms with E-state index in [1.807, 2.05) is 35.7 Å². The molecule has 0 saturated heterocycles. The molecule has 1 amide bonds. The highest BCUT2D eigenvalue weighted by Gasteiger charge is 2.16. The number of amides is 1. The van der Waals surface area contributed by atoms with Crippen molar-refractivity contribution in [3.05, 3.63) is 63.2 Å². The van der Waals surface area contributed by atoms with E-state index in [1.54, 1.807) is 18.4 Å². The first-order chi connectivity index (χ1) is 15.5. The maximum absolute atomic E-state index is 13.1. The molecule has 11 heteroatoms. The zero-order valence-electron chi connectivity index (χ0n) is 16.9. The first-order valence-electron chi connectivity index (χ1n) is 9.63. The number of anilines is 1. The molecule has 0 saturated carbocycles. The Hall–Kier alpha value is -3.02. The summed E-state index contributed by atoms with van der Waals surface area (Å²) in [5, 5.41) is 7.64. The average Bonchev–Trinajstić information content (AvgIpc) is 3.42. The summed E-state index contributed by atoms with van der Waals surface area (Å²) >= 11 is 3.79. The van der Waals surface area contributed by atoms with E-state index in [2.05, 4.69) is 15.3 Å². The van der Waals surface area contributed by atoms with Gasteiger partial charge in [0.25, 0.3) is 5.56 Å². The smallest absolute Gasteiger partial charge is 0.311 e. The van der Waals surface area contributed by atoms with E-state index >= 15 is 0 Å². The molecule has 4 aromatic rings. The van der Waals surface area contributed by atoms with Gasteiger partial charge in [-0.25, -0.2) is 9.97 Å². The number of hydrogen-bond acceptors (Lipinski definition) is 9. The number of rotatable bonds is 8. The predicted octanol–water partition coefficient (Wildman–Crippen LogP) is 3.74. The predicted molar refractivity (Wildman–Crippen MR) is 127 cm³/mol. The van der Waals surface area contributed by atoms with Crippen molar-refractivity contribution in [2.45, 2.75) is 18.5 Å². The number of hydrogen-bond donors (Lipinski definition) is 1. The van der Waals surface area contributed by atoms with Crippen LogP contribution in [0.15, 0.2) is 57.1 Å². The number of nitrogens with zero attached hydrogens (tertiary/aromatic N) is 3. The van der Waals surface area contributed by atoms with Gasteiger partial charge in [0.1, 0.15) is 4.83 Å². The summed E-state index contributed by atoms with van der Waals surface area (Å²) in [6.07, 6.45) is 0.0586. The topological polar surface area (TPSA) is 103 Å². The molecule has 4 rings (SSSR count). The van der Waals surface area contributed by atoms with Gasteiger partial charge >= 0.3 is 5.97 Å². The van der Waals surface area contributed by atoms with Crippen LogP contribution in [0, 0.1) is 0 Å². The van der Waals surface area contributed by atoms with Gasteiger partial charge < -0.3 is 10.1 Å². The Morgan fingerprint density at radius 1 is 1.16 bits per heavy atom. The number of thioether (sulfide) groups is 1. The Bertz CT molecular complexity index is 1310. The summed E-state index contributed by atoms with van der Waals surface area (Å²) < 4.78 is 6.43. The fourth-order valence-electron chi connectivity index (χ4n) is 2.89. The van der Waals surface area contributed by atoms with Crippen LogP contribution in [0.1, 0.15) is 12.6 Å². The second kappa shape index (κ2) is 10.1. The minimum atomic E-state index is -0.361. The molecule has 0 fully saturated rings. The maximum Gasteiger partial charge on any atom is 0.311 e. The van der Waals surface area contributed by atoms with E-state index in [1.165, 1.54) is 39.0 Å². The molecule has 0 aliphatic rings. The summed E-state index contributed by atoms with van der Waals surface area (Å²) in [7, 11) is 0. The Kier molecular flexibility index (Phi) is 6.98. The number of benzene rings is 1. The Morgan fingerprint density at radius 2 is 1.97 bits per heavy atom. The quantitative estimate of drug-likeness (QED) is 0.230. The molecule has 32 heavy (non-hydrogen) atoms. The van der Waals surface area contributed by atoms with Crippen molar-refractivity contribution in [1.82, 2.24) is 14.5 Å². The lowest BCUT2D eigenvalue weighted by Crippen LogP contribution is -2.22. The molecule has 0 bridgehead atoms.